The molecule has 1 fully saturated rings. The minimum Gasteiger partial charge on any atom is -0.352 e. The fourth-order valence-corrected chi connectivity index (χ4v) is 2.58. The number of piperidine rings is 1. The van der Waals surface area contributed by atoms with Crippen LogP contribution in [0.4, 0.5) is 0 Å². The van der Waals surface area contributed by atoms with E-state index in [0.717, 1.165) is 32.5 Å². The molecule has 4 nitrogen and oxygen atoms in total. The van der Waals surface area contributed by atoms with Crippen LogP contribution >= 0.6 is 0 Å². The molecule has 1 aromatic rings. The zero-order chi connectivity index (χ0) is 14.2. The summed E-state index contributed by atoms with van der Waals surface area (Å²) in [7, 11) is 0. The van der Waals surface area contributed by atoms with Crippen LogP contribution in [0.2, 0.25) is 0 Å². The van der Waals surface area contributed by atoms with Crippen LogP contribution in [-0.4, -0.2) is 34.9 Å². The highest BCUT2D eigenvalue weighted by Crippen LogP contribution is 2.13. The molecule has 1 unspecified atom stereocenters. The summed E-state index contributed by atoms with van der Waals surface area (Å²) in [5.74, 6) is 0.122. The molecule has 1 aliphatic rings. The summed E-state index contributed by atoms with van der Waals surface area (Å²) in [6, 6.07) is 4.34. The normalized spacial score (nSPS) is 20.1. The van der Waals surface area contributed by atoms with Crippen molar-refractivity contribution in [3.8, 4) is 0 Å². The molecule has 1 amide bonds. The molecule has 0 bridgehead atoms. The monoisotopic (exact) mass is 273 g/mol. The summed E-state index contributed by atoms with van der Waals surface area (Å²) in [6.07, 6.45) is 10.2. The molecule has 108 valence electrons. The Labute approximate surface area is 120 Å². The van der Waals surface area contributed by atoms with Crippen LogP contribution < -0.4 is 5.32 Å². The average Bonchev–Trinajstić information content (AvgIpc) is 2.46. The van der Waals surface area contributed by atoms with Crippen LogP contribution in [0, 0.1) is 0 Å². The van der Waals surface area contributed by atoms with E-state index in [1.807, 2.05) is 31.3 Å². The van der Waals surface area contributed by atoms with Crippen molar-refractivity contribution >= 4 is 5.91 Å². The van der Waals surface area contributed by atoms with Crippen LogP contribution in [0.5, 0.6) is 0 Å². The van der Waals surface area contributed by atoms with Gasteiger partial charge in [-0.15, -0.1) is 0 Å². The molecule has 20 heavy (non-hydrogen) atoms. The number of carbonyl (C=O) groups excluding carboxylic acids is 1. The van der Waals surface area contributed by atoms with Gasteiger partial charge in [-0.3, -0.25) is 14.7 Å². The van der Waals surface area contributed by atoms with E-state index in [9.17, 15) is 4.79 Å². The number of hydrogen-bond donors (Lipinski definition) is 1. The molecular formula is C16H23N3O. The zero-order valence-electron chi connectivity index (χ0n) is 12.1. The van der Waals surface area contributed by atoms with Crippen molar-refractivity contribution in [2.75, 3.05) is 13.1 Å². The van der Waals surface area contributed by atoms with E-state index < -0.39 is 0 Å². The second kappa shape index (κ2) is 7.80. The smallest absolute Gasteiger partial charge is 0.224 e. The Morgan fingerprint density at radius 3 is 3.25 bits per heavy atom. The molecule has 1 aliphatic heterocycles. The average molecular weight is 273 g/mol. The van der Waals surface area contributed by atoms with Crippen molar-refractivity contribution in [1.82, 2.24) is 15.2 Å². The van der Waals surface area contributed by atoms with Gasteiger partial charge in [-0.1, -0.05) is 18.2 Å². The fourth-order valence-electron chi connectivity index (χ4n) is 2.58. The van der Waals surface area contributed by atoms with E-state index in [-0.39, 0.29) is 11.9 Å². The lowest BCUT2D eigenvalue weighted by Crippen LogP contribution is -2.47. The molecule has 0 radical (unpaired) electrons. The number of likely N-dealkylation sites (tertiary alicyclic amines) is 1. The van der Waals surface area contributed by atoms with Crippen molar-refractivity contribution < 1.29 is 4.79 Å². The van der Waals surface area contributed by atoms with E-state index in [1.165, 1.54) is 5.56 Å². The van der Waals surface area contributed by atoms with E-state index in [2.05, 4.69) is 21.3 Å². The Bertz CT molecular complexity index is 444. The van der Waals surface area contributed by atoms with Gasteiger partial charge < -0.3 is 5.32 Å². The van der Waals surface area contributed by atoms with Crippen molar-refractivity contribution in [1.29, 1.82) is 0 Å². The minimum atomic E-state index is 0.122. The van der Waals surface area contributed by atoms with E-state index in [1.54, 1.807) is 6.20 Å². The Morgan fingerprint density at radius 1 is 1.60 bits per heavy atom. The fraction of sp³-hybridized carbons (Fsp3) is 0.500. The molecule has 2 heterocycles. The topological polar surface area (TPSA) is 45.2 Å². The molecule has 2 rings (SSSR count). The number of aromatic nitrogens is 1. The first kappa shape index (κ1) is 14.7. The number of allylic oxidation sites excluding steroid dienone is 1. The van der Waals surface area contributed by atoms with Crippen molar-refractivity contribution in [2.24, 2.45) is 0 Å². The van der Waals surface area contributed by atoms with Gasteiger partial charge in [0.25, 0.3) is 0 Å². The Kier molecular flexibility index (Phi) is 5.74. The van der Waals surface area contributed by atoms with Gasteiger partial charge in [0.1, 0.15) is 0 Å². The Hall–Kier alpha value is -1.68. The van der Waals surface area contributed by atoms with Crippen molar-refractivity contribution in [3.63, 3.8) is 0 Å². The van der Waals surface area contributed by atoms with Crippen LogP contribution in [0.25, 0.3) is 0 Å². The summed E-state index contributed by atoms with van der Waals surface area (Å²) in [4.78, 5) is 18.3. The summed E-state index contributed by atoms with van der Waals surface area (Å²) in [6.45, 7) is 4.87. The second-order valence-corrected chi connectivity index (χ2v) is 5.28. The maximum Gasteiger partial charge on any atom is 0.224 e. The predicted molar refractivity (Wildman–Crippen MR) is 80.1 cm³/mol. The second-order valence-electron chi connectivity index (χ2n) is 5.28. The first-order valence-electron chi connectivity index (χ1n) is 7.29. The third-order valence-electron chi connectivity index (χ3n) is 3.54. The van der Waals surface area contributed by atoms with Gasteiger partial charge in [0.2, 0.25) is 5.91 Å². The zero-order valence-corrected chi connectivity index (χ0v) is 12.1. The number of carbonyl (C=O) groups is 1. The summed E-state index contributed by atoms with van der Waals surface area (Å²) >= 11 is 0. The number of rotatable bonds is 5. The lowest BCUT2D eigenvalue weighted by atomic mass is 10.0. The van der Waals surface area contributed by atoms with Crippen LogP contribution in [-0.2, 0) is 11.3 Å². The minimum absolute atomic E-state index is 0.122. The van der Waals surface area contributed by atoms with Crippen molar-refractivity contribution in [3.05, 3.63) is 42.2 Å². The molecule has 4 heteroatoms. The highest BCUT2D eigenvalue weighted by molar-refractivity contribution is 5.77. The molecule has 1 aromatic heterocycles. The summed E-state index contributed by atoms with van der Waals surface area (Å²) in [5, 5.41) is 3.12. The van der Waals surface area contributed by atoms with Gasteiger partial charge in [0.15, 0.2) is 0 Å². The molecule has 0 aromatic carbocycles. The largest absolute Gasteiger partial charge is 0.352 e. The molecule has 0 spiro atoms. The molecule has 0 saturated carbocycles. The highest BCUT2D eigenvalue weighted by atomic mass is 16.1. The van der Waals surface area contributed by atoms with E-state index in [4.69, 9.17) is 0 Å². The van der Waals surface area contributed by atoms with Crippen LogP contribution in [0.3, 0.4) is 0 Å². The van der Waals surface area contributed by atoms with Gasteiger partial charge in [0, 0.05) is 37.9 Å². The van der Waals surface area contributed by atoms with E-state index in [0.29, 0.717) is 6.42 Å². The maximum atomic E-state index is 11.7. The summed E-state index contributed by atoms with van der Waals surface area (Å²) < 4.78 is 0. The standard InChI is InChI=1S/C16H23N3O/c1-2-3-8-16(20)18-15-7-5-10-19(13-15)12-14-6-4-9-17-11-14/h2-4,6,9,11,15H,5,7-8,10,12-13H2,1H3,(H,18,20)/b3-2+. The Balaban J connectivity index is 1.81. The number of pyridine rings is 1. The van der Waals surface area contributed by atoms with Gasteiger partial charge in [-0.25, -0.2) is 0 Å². The van der Waals surface area contributed by atoms with Gasteiger partial charge >= 0.3 is 0 Å². The quantitative estimate of drug-likeness (QED) is 0.836. The van der Waals surface area contributed by atoms with E-state index >= 15 is 0 Å². The third-order valence-corrected chi connectivity index (χ3v) is 3.54. The predicted octanol–water partition coefficient (Wildman–Crippen LogP) is 2.13. The van der Waals surface area contributed by atoms with Crippen LogP contribution in [0.1, 0.15) is 31.7 Å². The highest BCUT2D eigenvalue weighted by Gasteiger charge is 2.20. The SMILES string of the molecule is C/C=C/CC(=O)NC1CCCN(Cc2cccnc2)C1. The molecule has 0 aliphatic carbocycles. The molecule has 1 N–H and O–H groups in total. The van der Waals surface area contributed by atoms with Gasteiger partial charge in [-0.2, -0.15) is 0 Å². The summed E-state index contributed by atoms with van der Waals surface area (Å²) in [5.41, 5.74) is 1.23. The molecular weight excluding hydrogens is 250 g/mol. The lowest BCUT2D eigenvalue weighted by molar-refractivity contribution is -0.121. The van der Waals surface area contributed by atoms with Crippen molar-refractivity contribution in [2.45, 2.75) is 38.8 Å². The number of amides is 1. The van der Waals surface area contributed by atoms with Crippen LogP contribution in [0.15, 0.2) is 36.7 Å². The number of nitrogens with one attached hydrogen (secondary N) is 1. The van der Waals surface area contributed by atoms with Gasteiger partial charge in [-0.05, 0) is 37.9 Å². The molecule has 1 saturated heterocycles. The maximum absolute atomic E-state index is 11.7. The lowest BCUT2D eigenvalue weighted by Gasteiger charge is -2.33. The third kappa shape index (κ3) is 4.78. The van der Waals surface area contributed by atoms with Gasteiger partial charge in [0.05, 0.1) is 0 Å². The first-order valence-corrected chi connectivity index (χ1v) is 7.29. The number of nitrogens with zero attached hydrogens (tertiary/aromatic N) is 2. The number of hydrogen-bond acceptors (Lipinski definition) is 3. The first-order chi connectivity index (χ1) is 9.78. The Morgan fingerprint density at radius 2 is 2.50 bits per heavy atom. The molecule has 1 atom stereocenters.